The van der Waals surface area contributed by atoms with Crippen LogP contribution in [0.15, 0.2) is 30.3 Å². The molecule has 0 atom stereocenters. The van der Waals surface area contributed by atoms with Gasteiger partial charge in [-0.15, -0.1) is 0 Å². The number of carbonyl (C=O) groups is 1. The number of hydrogen-bond donors (Lipinski definition) is 3. The van der Waals surface area contributed by atoms with Crippen LogP contribution in [0, 0.1) is 4.64 Å². The highest BCUT2D eigenvalue weighted by atomic mass is 35.5. The van der Waals surface area contributed by atoms with Crippen LogP contribution in [-0.4, -0.2) is 21.3 Å². The highest BCUT2D eigenvalue weighted by Gasteiger charge is 2.12. The Morgan fingerprint density at radius 3 is 2.83 bits per heavy atom. The van der Waals surface area contributed by atoms with Crippen molar-refractivity contribution in [2.24, 2.45) is 0 Å². The molecule has 0 saturated heterocycles. The van der Waals surface area contributed by atoms with E-state index in [9.17, 15) is 4.79 Å². The summed E-state index contributed by atoms with van der Waals surface area (Å²) in [6, 6.07) is 8.29. The highest BCUT2D eigenvalue weighted by Crippen LogP contribution is 2.25. The number of benzene rings is 1. The maximum absolute atomic E-state index is 11.1. The van der Waals surface area contributed by atoms with Gasteiger partial charge in [-0.05, 0) is 18.2 Å². The molecule has 1 heterocycles. The van der Waals surface area contributed by atoms with Crippen LogP contribution in [0.5, 0.6) is 0 Å². The maximum Gasteiger partial charge on any atom is 0.339 e. The zero-order valence-electron chi connectivity index (χ0n) is 8.98. The summed E-state index contributed by atoms with van der Waals surface area (Å²) in [5.74, 6) is -0.957. The Kier molecular flexibility index (Phi) is 3.59. The van der Waals surface area contributed by atoms with Crippen molar-refractivity contribution in [3.05, 3.63) is 45.6 Å². The minimum Gasteiger partial charge on any atom is -0.478 e. The Bertz CT molecular complexity index is 657. The summed E-state index contributed by atoms with van der Waals surface area (Å²) in [6.07, 6.45) is 0. The van der Waals surface area contributed by atoms with Crippen LogP contribution >= 0.6 is 23.8 Å². The van der Waals surface area contributed by atoms with Crippen LogP contribution in [0.2, 0.25) is 5.02 Å². The Balaban J connectivity index is 2.44. The predicted molar refractivity (Wildman–Crippen MR) is 71.1 cm³/mol. The van der Waals surface area contributed by atoms with Gasteiger partial charge in [-0.2, -0.15) is 5.10 Å². The maximum atomic E-state index is 11.1. The van der Waals surface area contributed by atoms with Gasteiger partial charge in [0.1, 0.15) is 10.2 Å². The molecule has 0 spiro atoms. The average molecular weight is 282 g/mol. The number of nitrogens with zero attached hydrogens (tertiary/aromatic N) is 1. The first-order chi connectivity index (χ1) is 8.58. The van der Waals surface area contributed by atoms with E-state index in [0.717, 1.165) is 0 Å². The first-order valence-corrected chi connectivity index (χ1v) is 5.71. The number of hydrogen-bond acceptors (Lipinski definition) is 4. The van der Waals surface area contributed by atoms with Crippen LogP contribution < -0.4 is 5.32 Å². The Morgan fingerprint density at radius 1 is 1.44 bits per heavy atom. The quantitative estimate of drug-likeness (QED) is 0.753. The number of carboxylic acids is 1. The zero-order chi connectivity index (χ0) is 13.1. The number of anilines is 2. The van der Waals surface area contributed by atoms with E-state index in [1.54, 1.807) is 24.3 Å². The lowest BCUT2D eigenvalue weighted by Crippen LogP contribution is -2.06. The molecule has 0 amide bonds. The van der Waals surface area contributed by atoms with E-state index in [1.807, 2.05) is 0 Å². The molecule has 2 aromatic rings. The molecule has 0 aliphatic carbocycles. The minimum atomic E-state index is -1.11. The van der Waals surface area contributed by atoms with Gasteiger partial charge in [0, 0.05) is 0 Å². The van der Waals surface area contributed by atoms with Crippen LogP contribution in [0.1, 0.15) is 10.4 Å². The van der Waals surface area contributed by atoms with Gasteiger partial charge in [0.05, 0.1) is 10.7 Å². The normalized spacial score (nSPS) is 10.1. The second-order valence-electron chi connectivity index (χ2n) is 3.40. The third-order valence-corrected chi connectivity index (χ3v) is 2.70. The molecule has 2 rings (SSSR count). The van der Waals surface area contributed by atoms with Gasteiger partial charge < -0.3 is 10.4 Å². The molecule has 0 aliphatic rings. The lowest BCUT2D eigenvalue weighted by molar-refractivity contribution is 0.0697. The van der Waals surface area contributed by atoms with Crippen molar-refractivity contribution >= 4 is 41.3 Å². The molecule has 0 aliphatic heterocycles. The van der Waals surface area contributed by atoms with Crippen molar-refractivity contribution in [3.63, 3.8) is 0 Å². The standard InChI is InChI=1S/C11H8ClN3O2S/c12-7-3-1-2-4-8(7)13-10-6(11(16)17)5-9(18)14-15-10/h1-5H,(H,13,15)(H,14,18)(H,16,17). The van der Waals surface area contributed by atoms with E-state index in [0.29, 0.717) is 10.7 Å². The smallest absolute Gasteiger partial charge is 0.339 e. The van der Waals surface area contributed by atoms with Gasteiger partial charge in [-0.1, -0.05) is 36.0 Å². The molecule has 0 bridgehead atoms. The molecule has 0 saturated carbocycles. The first-order valence-electron chi connectivity index (χ1n) is 4.92. The van der Waals surface area contributed by atoms with Crippen LogP contribution in [0.25, 0.3) is 0 Å². The number of nitrogens with one attached hydrogen (secondary N) is 2. The summed E-state index contributed by atoms with van der Waals surface area (Å²) in [5.41, 5.74) is 0.554. The summed E-state index contributed by atoms with van der Waals surface area (Å²) in [6.45, 7) is 0. The van der Waals surface area contributed by atoms with E-state index in [4.69, 9.17) is 28.9 Å². The molecular weight excluding hydrogens is 274 g/mol. The predicted octanol–water partition coefficient (Wildman–Crippen LogP) is 3.23. The molecule has 0 unspecified atom stereocenters. The number of aromatic carboxylic acids is 1. The number of H-pyrrole nitrogens is 1. The number of aromatic nitrogens is 2. The highest BCUT2D eigenvalue weighted by molar-refractivity contribution is 7.71. The van der Waals surface area contributed by atoms with Gasteiger partial charge in [0.2, 0.25) is 0 Å². The molecule has 0 fully saturated rings. The Hall–Kier alpha value is -1.92. The fourth-order valence-electron chi connectivity index (χ4n) is 1.35. The summed E-state index contributed by atoms with van der Waals surface area (Å²) in [4.78, 5) is 11.1. The number of aromatic amines is 1. The summed E-state index contributed by atoms with van der Waals surface area (Å²) < 4.78 is 0.247. The van der Waals surface area contributed by atoms with Crippen molar-refractivity contribution in [1.82, 2.24) is 10.2 Å². The van der Waals surface area contributed by atoms with Crippen molar-refractivity contribution in [2.45, 2.75) is 0 Å². The number of halogens is 1. The monoisotopic (exact) mass is 281 g/mol. The first kappa shape index (κ1) is 12.5. The fraction of sp³-hybridized carbons (Fsp3) is 0. The van der Waals surface area contributed by atoms with Crippen LogP contribution in [0.4, 0.5) is 11.5 Å². The second kappa shape index (κ2) is 5.16. The molecule has 1 aromatic heterocycles. The van der Waals surface area contributed by atoms with Gasteiger partial charge >= 0.3 is 5.97 Å². The molecule has 18 heavy (non-hydrogen) atoms. The summed E-state index contributed by atoms with van der Waals surface area (Å²) >= 11 is 10.8. The van der Waals surface area contributed by atoms with E-state index in [1.165, 1.54) is 6.07 Å². The Labute approximate surface area is 112 Å². The van der Waals surface area contributed by atoms with E-state index >= 15 is 0 Å². The third kappa shape index (κ3) is 2.66. The number of rotatable bonds is 3. The lowest BCUT2D eigenvalue weighted by Gasteiger charge is -2.09. The van der Waals surface area contributed by atoms with Crippen molar-refractivity contribution in [1.29, 1.82) is 0 Å². The van der Waals surface area contributed by atoms with Crippen molar-refractivity contribution in [3.8, 4) is 0 Å². The van der Waals surface area contributed by atoms with Crippen LogP contribution in [-0.2, 0) is 0 Å². The fourth-order valence-corrected chi connectivity index (χ4v) is 1.70. The van der Waals surface area contributed by atoms with Gasteiger partial charge in [-0.3, -0.25) is 5.10 Å². The molecule has 7 heteroatoms. The zero-order valence-corrected chi connectivity index (χ0v) is 10.5. The summed E-state index contributed by atoms with van der Waals surface area (Å²) in [5, 5.41) is 18.8. The number of carboxylic acid groups (broad SMARTS) is 1. The van der Waals surface area contributed by atoms with E-state index < -0.39 is 5.97 Å². The summed E-state index contributed by atoms with van der Waals surface area (Å²) in [7, 11) is 0. The Morgan fingerprint density at radius 2 is 2.17 bits per heavy atom. The van der Waals surface area contributed by atoms with Crippen LogP contribution in [0.3, 0.4) is 0 Å². The molecule has 1 aromatic carbocycles. The lowest BCUT2D eigenvalue weighted by atomic mass is 10.2. The van der Waals surface area contributed by atoms with E-state index in [2.05, 4.69) is 15.5 Å². The van der Waals surface area contributed by atoms with Gasteiger partial charge in [-0.25, -0.2) is 4.79 Å². The molecular formula is C11H8ClN3O2S. The van der Waals surface area contributed by atoms with Gasteiger partial charge in [0.15, 0.2) is 5.82 Å². The van der Waals surface area contributed by atoms with Crippen molar-refractivity contribution < 1.29 is 9.90 Å². The molecule has 5 nitrogen and oxygen atoms in total. The molecule has 92 valence electrons. The third-order valence-electron chi connectivity index (χ3n) is 2.17. The SMILES string of the molecule is O=C(O)c1cc(=S)[nH]nc1Nc1ccccc1Cl. The topological polar surface area (TPSA) is 78.0 Å². The largest absolute Gasteiger partial charge is 0.478 e. The molecule has 0 radical (unpaired) electrons. The van der Waals surface area contributed by atoms with E-state index in [-0.39, 0.29) is 16.0 Å². The number of para-hydroxylation sites is 1. The average Bonchev–Trinajstić information content (AvgIpc) is 2.34. The minimum absolute atomic E-state index is 0.0151. The molecule has 3 N–H and O–H groups in total. The second-order valence-corrected chi connectivity index (χ2v) is 4.25. The van der Waals surface area contributed by atoms with Gasteiger partial charge in [0.25, 0.3) is 0 Å². The van der Waals surface area contributed by atoms with Crippen molar-refractivity contribution in [2.75, 3.05) is 5.32 Å².